The molecule has 0 fully saturated rings. The summed E-state index contributed by atoms with van der Waals surface area (Å²) in [6, 6.07) is 15.1. The lowest BCUT2D eigenvalue weighted by atomic mass is 9.98. The molecule has 43 heavy (non-hydrogen) atoms. The Bertz CT molecular complexity index is 1820. The van der Waals surface area contributed by atoms with Crippen molar-refractivity contribution in [2.45, 2.75) is 59.3 Å². The van der Waals surface area contributed by atoms with Gasteiger partial charge in [-0.15, -0.1) is 15.1 Å². The lowest BCUT2D eigenvalue weighted by molar-refractivity contribution is 0.0395. The Morgan fingerprint density at radius 3 is 2.42 bits per heavy atom. The lowest BCUT2D eigenvalue weighted by Gasteiger charge is -2.17. The number of carbonyl (C=O) groups is 1. The van der Waals surface area contributed by atoms with Crippen molar-refractivity contribution in [1.29, 1.82) is 0 Å². The van der Waals surface area contributed by atoms with E-state index in [0.29, 0.717) is 22.7 Å². The summed E-state index contributed by atoms with van der Waals surface area (Å²) in [4.78, 5) is 40.9. The van der Waals surface area contributed by atoms with Crippen LogP contribution in [0.3, 0.4) is 0 Å². The number of esters is 1. The van der Waals surface area contributed by atoms with Crippen molar-refractivity contribution >= 4 is 5.97 Å². The van der Waals surface area contributed by atoms with Crippen molar-refractivity contribution in [3.8, 4) is 22.5 Å². The highest BCUT2D eigenvalue weighted by Crippen LogP contribution is 2.31. The number of carbonyl (C=O) groups excluding carboxylic acids is 1. The van der Waals surface area contributed by atoms with Crippen LogP contribution in [0, 0.1) is 11.8 Å². The number of imidazole rings is 1. The number of ether oxygens (including phenoxy) is 1. The second-order valence-corrected chi connectivity index (χ2v) is 10.3. The molecule has 0 bridgehead atoms. The average molecular weight is 588 g/mol. The van der Waals surface area contributed by atoms with Crippen LogP contribution >= 0.6 is 0 Å². The predicted octanol–water partition coefficient (Wildman–Crippen LogP) is 4.17. The third kappa shape index (κ3) is 6.18. The van der Waals surface area contributed by atoms with E-state index in [9.17, 15) is 19.6 Å². The number of aryl methyl sites for hydroxylation is 2. The Balaban J connectivity index is 1.48. The Labute approximate surface area is 244 Å². The Morgan fingerprint density at radius 1 is 1.09 bits per heavy atom. The van der Waals surface area contributed by atoms with E-state index in [-0.39, 0.29) is 41.9 Å². The summed E-state index contributed by atoms with van der Waals surface area (Å²) in [6.45, 7) is 6.58. The highest BCUT2D eigenvalue weighted by atomic mass is 16.6. The number of nitroso groups, excluding NO2 is 1. The fourth-order valence-corrected chi connectivity index (χ4v) is 4.67. The molecule has 5 aromatic rings. The largest absolute Gasteiger partial charge is 0.519 e. The van der Waals surface area contributed by atoms with Crippen LogP contribution in [0.25, 0.3) is 22.5 Å². The van der Waals surface area contributed by atoms with Crippen molar-refractivity contribution in [3.05, 3.63) is 98.4 Å². The van der Waals surface area contributed by atoms with E-state index in [2.05, 4.69) is 25.7 Å². The number of tetrazole rings is 1. The molecule has 0 aliphatic heterocycles. The molecule has 0 amide bonds. The first-order valence-electron chi connectivity index (χ1n) is 13.5. The number of rotatable bonds is 11. The lowest BCUT2D eigenvalue weighted by Crippen LogP contribution is -2.23. The van der Waals surface area contributed by atoms with Gasteiger partial charge in [-0.3, -0.25) is 0 Å². The highest BCUT2D eigenvalue weighted by Gasteiger charge is 2.33. The maximum Gasteiger partial charge on any atom is 0.519 e. The Morgan fingerprint density at radius 2 is 1.81 bits per heavy atom. The monoisotopic (exact) mass is 587 g/mol. The van der Waals surface area contributed by atoms with Gasteiger partial charge >= 0.3 is 11.8 Å². The van der Waals surface area contributed by atoms with Gasteiger partial charge in [-0.2, -0.15) is 0 Å². The summed E-state index contributed by atoms with van der Waals surface area (Å²) in [6.07, 6.45) is 1.31. The Hall–Kier alpha value is -5.24. The molecule has 0 saturated carbocycles. The van der Waals surface area contributed by atoms with Gasteiger partial charge in [0.05, 0.1) is 0 Å². The summed E-state index contributed by atoms with van der Waals surface area (Å²) in [5.74, 6) is -0.435. The number of aliphatic hydroxyl groups is 1. The number of hydrogen-bond donors (Lipinski definition) is 1. The van der Waals surface area contributed by atoms with Crippen molar-refractivity contribution in [1.82, 2.24) is 29.9 Å². The first-order chi connectivity index (χ1) is 20.6. The zero-order chi connectivity index (χ0) is 30.7. The molecule has 14 nitrogen and oxygen atoms in total. The van der Waals surface area contributed by atoms with E-state index in [1.165, 1.54) is 6.92 Å². The van der Waals surface area contributed by atoms with Crippen LogP contribution in [0.4, 0.5) is 0 Å². The van der Waals surface area contributed by atoms with Gasteiger partial charge in [-0.25, -0.2) is 14.6 Å². The number of hydrogen-bond acceptors (Lipinski definition) is 12. The number of nitrogens with zero attached hydrogens (tertiary/aromatic N) is 7. The molecule has 222 valence electrons. The van der Waals surface area contributed by atoms with Crippen LogP contribution in [0.15, 0.2) is 67.4 Å². The van der Waals surface area contributed by atoms with Crippen LogP contribution in [0.5, 0.6) is 0 Å². The molecule has 0 spiro atoms. The zero-order valence-electron chi connectivity index (χ0n) is 24.0. The average Bonchev–Trinajstić information content (AvgIpc) is 3.69. The van der Waals surface area contributed by atoms with E-state index in [1.54, 1.807) is 18.4 Å². The molecule has 3 heterocycles. The fraction of sp³-hybridized carbons (Fsp3) is 0.310. The fourth-order valence-electron chi connectivity index (χ4n) is 4.67. The minimum Gasteiger partial charge on any atom is -0.453 e. The predicted molar refractivity (Wildman–Crippen MR) is 152 cm³/mol. The third-order valence-corrected chi connectivity index (χ3v) is 6.71. The molecule has 5 rings (SSSR count). The van der Waals surface area contributed by atoms with Crippen molar-refractivity contribution < 1.29 is 23.5 Å². The molecule has 0 aliphatic rings. The van der Waals surface area contributed by atoms with Crippen molar-refractivity contribution in [2.24, 2.45) is 5.29 Å². The minimum absolute atomic E-state index is 0.0963. The van der Waals surface area contributed by atoms with Gasteiger partial charge in [0.2, 0.25) is 5.82 Å². The van der Waals surface area contributed by atoms with Crippen molar-refractivity contribution in [2.75, 3.05) is 0 Å². The first-order valence-corrected chi connectivity index (χ1v) is 13.5. The molecule has 0 aliphatic carbocycles. The normalized spacial score (nSPS) is 11.6. The molecular formula is C29H29N7O7. The molecule has 0 unspecified atom stereocenters. The first kappa shape index (κ1) is 29.3. The van der Waals surface area contributed by atoms with E-state index in [0.717, 1.165) is 23.1 Å². The molecule has 14 heteroatoms. The highest BCUT2D eigenvalue weighted by molar-refractivity contribution is 5.89. The maximum absolute atomic E-state index is 13.5. The molecule has 0 atom stereocenters. The van der Waals surface area contributed by atoms with Crippen LogP contribution in [-0.4, -0.2) is 40.9 Å². The van der Waals surface area contributed by atoms with Crippen LogP contribution in [0.2, 0.25) is 0 Å². The topological polar surface area (TPSA) is 181 Å². The quantitative estimate of drug-likeness (QED) is 0.173. The Kier molecular flexibility index (Phi) is 8.12. The number of aromatic nitrogens is 6. The van der Waals surface area contributed by atoms with E-state index in [4.69, 9.17) is 13.6 Å². The second-order valence-electron chi connectivity index (χ2n) is 10.3. The SMILES string of the molecule is CCCc1nc(C(C)(C)O)c(C(=O)OCc2oc(=O)oc2C)n1Cc1ccc(-c2ccccc2-c2nnn(N=O)n2)cc1. The second kappa shape index (κ2) is 11.9. The summed E-state index contributed by atoms with van der Waals surface area (Å²) in [5, 5.41) is 25.1. The van der Waals surface area contributed by atoms with Gasteiger partial charge < -0.3 is 23.2 Å². The van der Waals surface area contributed by atoms with Crippen LogP contribution in [-0.2, 0) is 29.9 Å². The minimum atomic E-state index is -1.44. The van der Waals surface area contributed by atoms with Gasteiger partial charge in [0.25, 0.3) is 0 Å². The van der Waals surface area contributed by atoms with Gasteiger partial charge in [0.1, 0.15) is 22.4 Å². The number of benzene rings is 2. The van der Waals surface area contributed by atoms with Gasteiger partial charge in [0.15, 0.2) is 23.8 Å². The van der Waals surface area contributed by atoms with Gasteiger partial charge in [0, 0.05) is 18.5 Å². The van der Waals surface area contributed by atoms with Gasteiger partial charge in [-0.1, -0.05) is 55.5 Å². The van der Waals surface area contributed by atoms with Crippen LogP contribution < -0.4 is 5.82 Å². The van der Waals surface area contributed by atoms with E-state index >= 15 is 0 Å². The summed E-state index contributed by atoms with van der Waals surface area (Å²) in [7, 11) is 0. The molecule has 3 aromatic heterocycles. The zero-order valence-corrected chi connectivity index (χ0v) is 24.0. The smallest absolute Gasteiger partial charge is 0.453 e. The molecule has 2 aromatic carbocycles. The summed E-state index contributed by atoms with van der Waals surface area (Å²) < 4.78 is 17.1. The van der Waals surface area contributed by atoms with Crippen molar-refractivity contribution in [3.63, 3.8) is 0 Å². The maximum atomic E-state index is 13.5. The van der Waals surface area contributed by atoms with E-state index in [1.807, 2.05) is 55.5 Å². The standard InChI is InChI=1S/C29H29N7O7/c1-5-8-23-30-25(29(3,4)39)24(27(37)41-16-22-17(2)42-28(38)43-22)35(23)15-18-11-13-19(14-12-18)20-9-6-7-10-21(20)26-31-33-36(32-26)34-40/h6-7,9-14,39H,5,8,15-16H2,1-4H3. The summed E-state index contributed by atoms with van der Waals surface area (Å²) in [5.41, 5.74) is 2.07. The van der Waals surface area contributed by atoms with E-state index < -0.39 is 17.4 Å². The molecule has 0 radical (unpaired) electrons. The third-order valence-electron chi connectivity index (χ3n) is 6.71. The molecular weight excluding hydrogens is 558 g/mol. The van der Waals surface area contributed by atoms with Gasteiger partial charge in [-0.05, 0) is 54.0 Å². The molecule has 1 N–H and O–H groups in total. The summed E-state index contributed by atoms with van der Waals surface area (Å²) >= 11 is 0. The molecule has 0 saturated heterocycles. The van der Waals surface area contributed by atoms with Crippen LogP contribution in [0.1, 0.15) is 66.3 Å².